The minimum atomic E-state index is -3.21. The van der Waals surface area contributed by atoms with Crippen molar-refractivity contribution in [2.75, 3.05) is 25.9 Å². The van der Waals surface area contributed by atoms with E-state index in [1.165, 1.54) is 75.3 Å². The van der Waals surface area contributed by atoms with Crippen LogP contribution >= 0.6 is 0 Å². The van der Waals surface area contributed by atoms with Crippen LogP contribution in [0.25, 0.3) is 16.9 Å². The first-order valence-electron chi connectivity index (χ1n) is 14.1. The Kier molecular flexibility index (Phi) is 6.88. The number of piperidine rings is 2. The van der Waals surface area contributed by atoms with Gasteiger partial charge in [-0.05, 0) is 93.8 Å². The highest BCUT2D eigenvalue weighted by atomic mass is 32.2. The summed E-state index contributed by atoms with van der Waals surface area (Å²) in [6.07, 6.45) is 16.4. The number of rotatable bonds is 6. The highest BCUT2D eigenvalue weighted by Crippen LogP contribution is 2.40. The maximum atomic E-state index is 11.8. The minimum absolute atomic E-state index is 0.339. The van der Waals surface area contributed by atoms with Gasteiger partial charge in [0.05, 0.1) is 10.6 Å². The number of benzene rings is 1. The number of pyridine rings is 1. The average molecular weight is 521 g/mol. The fourth-order valence-corrected chi connectivity index (χ4v) is 7.50. The zero-order valence-corrected chi connectivity index (χ0v) is 23.0. The van der Waals surface area contributed by atoms with Crippen molar-refractivity contribution >= 4 is 15.5 Å². The largest absolute Gasteiger partial charge is 0.317 e. The summed E-state index contributed by atoms with van der Waals surface area (Å²) in [6.45, 7) is 5.71. The summed E-state index contributed by atoms with van der Waals surface area (Å²) in [5, 5.41) is 3.55. The summed E-state index contributed by atoms with van der Waals surface area (Å²) in [4.78, 5) is 8.14. The first kappa shape index (κ1) is 25.1. The normalized spacial score (nSPS) is 24.4. The zero-order chi connectivity index (χ0) is 25.6. The van der Waals surface area contributed by atoms with Gasteiger partial charge in [0.15, 0.2) is 9.84 Å². The van der Waals surface area contributed by atoms with Crippen LogP contribution in [0.5, 0.6) is 0 Å². The lowest BCUT2D eigenvalue weighted by Gasteiger charge is -2.47. The monoisotopic (exact) mass is 520 g/mol. The number of likely N-dealkylation sites (tertiary alicyclic amines) is 1. The van der Waals surface area contributed by atoms with Gasteiger partial charge < -0.3 is 9.72 Å². The first-order chi connectivity index (χ1) is 17.8. The highest BCUT2D eigenvalue weighted by molar-refractivity contribution is 7.90. The summed E-state index contributed by atoms with van der Waals surface area (Å²) in [7, 11) is -3.21. The highest BCUT2D eigenvalue weighted by Gasteiger charge is 2.36. The van der Waals surface area contributed by atoms with E-state index in [1.807, 2.05) is 12.1 Å². The third-order valence-corrected chi connectivity index (χ3v) is 10.3. The molecule has 1 saturated carbocycles. The molecular weight excluding hydrogens is 480 g/mol. The molecule has 7 heteroatoms. The number of nitrogens with one attached hydrogen (secondary N) is 1. The molecular formula is C30H40N4O2S. The minimum Gasteiger partial charge on any atom is -0.317 e. The van der Waals surface area contributed by atoms with Crippen molar-refractivity contribution in [2.45, 2.75) is 81.2 Å². The van der Waals surface area contributed by atoms with E-state index >= 15 is 0 Å². The number of sulfone groups is 1. The molecule has 6 rings (SSSR count). The molecule has 0 radical (unpaired) electrons. The molecule has 3 fully saturated rings. The fourth-order valence-electron chi connectivity index (χ4n) is 6.87. The van der Waals surface area contributed by atoms with Crippen molar-refractivity contribution in [3.63, 3.8) is 0 Å². The van der Waals surface area contributed by atoms with Crippen LogP contribution in [0.4, 0.5) is 0 Å². The molecule has 0 spiro atoms. The van der Waals surface area contributed by atoms with Crippen LogP contribution in [0.1, 0.15) is 68.4 Å². The molecule has 37 heavy (non-hydrogen) atoms. The third-order valence-electron chi connectivity index (χ3n) is 9.18. The van der Waals surface area contributed by atoms with E-state index in [0.717, 1.165) is 42.0 Å². The average Bonchev–Trinajstić information content (AvgIpc) is 3.31. The lowest BCUT2D eigenvalue weighted by molar-refractivity contribution is 0.0450. The Balaban J connectivity index is 1.25. The van der Waals surface area contributed by atoms with Crippen LogP contribution in [0.3, 0.4) is 0 Å². The molecule has 0 amide bonds. The third kappa shape index (κ3) is 5.23. The van der Waals surface area contributed by atoms with Crippen LogP contribution in [0, 0.1) is 12.8 Å². The van der Waals surface area contributed by atoms with E-state index in [2.05, 4.69) is 40.0 Å². The van der Waals surface area contributed by atoms with E-state index in [4.69, 9.17) is 4.98 Å². The lowest BCUT2D eigenvalue weighted by atomic mass is 9.75. The van der Waals surface area contributed by atoms with Gasteiger partial charge in [0.25, 0.3) is 0 Å². The molecule has 198 valence electrons. The van der Waals surface area contributed by atoms with Crippen LogP contribution < -0.4 is 5.32 Å². The Morgan fingerprint density at radius 3 is 2.46 bits per heavy atom. The summed E-state index contributed by atoms with van der Waals surface area (Å²) >= 11 is 0. The van der Waals surface area contributed by atoms with E-state index < -0.39 is 9.84 Å². The lowest BCUT2D eigenvalue weighted by Crippen LogP contribution is -2.52. The van der Waals surface area contributed by atoms with Crippen molar-refractivity contribution in [1.29, 1.82) is 0 Å². The number of aryl methyl sites for hydroxylation is 1. The van der Waals surface area contributed by atoms with Gasteiger partial charge in [0.2, 0.25) is 0 Å². The standard InChI is InChI=1S/C30H40N4O2S/c1-21-16-25(19-33-20-29(32-30(21)33)23-6-8-28(9-7-23)37(2,35)36)24-12-15-34(26-10-13-31-14-11-26)27(18-24)17-22-4-3-5-22/h6-9,16,19-20,22,24,26-27,31H,3-5,10-15,17-18H2,1-2H3/t24?,27-/m1/s1. The fraction of sp³-hybridized carbons (Fsp3) is 0.567. The van der Waals surface area contributed by atoms with Gasteiger partial charge in [0, 0.05) is 36.3 Å². The van der Waals surface area contributed by atoms with E-state index in [1.54, 1.807) is 12.1 Å². The molecule has 4 heterocycles. The number of hydrogen-bond acceptors (Lipinski definition) is 5. The quantitative estimate of drug-likeness (QED) is 0.484. The predicted molar refractivity (Wildman–Crippen MR) is 149 cm³/mol. The van der Waals surface area contributed by atoms with Gasteiger partial charge in [-0.3, -0.25) is 4.90 Å². The second-order valence-electron chi connectivity index (χ2n) is 11.7. The number of aromatic nitrogens is 2. The Morgan fingerprint density at radius 1 is 1.03 bits per heavy atom. The molecule has 2 aliphatic heterocycles. The SMILES string of the molecule is Cc1cc(C2CCN(C3CCNCC3)[C@H](CC3CCC3)C2)cn2cc(-c3ccc(S(C)(=O)=O)cc3)nc12. The number of hydrogen-bond donors (Lipinski definition) is 1. The van der Waals surface area contributed by atoms with Gasteiger partial charge in [-0.2, -0.15) is 0 Å². The van der Waals surface area contributed by atoms with Crippen LogP contribution in [-0.2, 0) is 9.84 Å². The number of nitrogens with zero attached hydrogens (tertiary/aromatic N) is 3. The number of fused-ring (bicyclic) bond motifs is 1. The van der Waals surface area contributed by atoms with Gasteiger partial charge >= 0.3 is 0 Å². The Bertz CT molecular complexity index is 1350. The van der Waals surface area contributed by atoms with Crippen LogP contribution in [0.2, 0.25) is 0 Å². The van der Waals surface area contributed by atoms with Crippen LogP contribution in [0.15, 0.2) is 47.6 Å². The summed E-state index contributed by atoms with van der Waals surface area (Å²) in [6, 6.07) is 10.9. The van der Waals surface area contributed by atoms with Gasteiger partial charge in [-0.1, -0.05) is 37.5 Å². The van der Waals surface area contributed by atoms with E-state index in [-0.39, 0.29) is 0 Å². The van der Waals surface area contributed by atoms with E-state index in [9.17, 15) is 8.42 Å². The van der Waals surface area contributed by atoms with Crippen molar-refractivity contribution < 1.29 is 8.42 Å². The molecule has 2 atom stereocenters. The first-order valence-corrected chi connectivity index (χ1v) is 16.0. The van der Waals surface area contributed by atoms with Crippen LogP contribution in [-0.4, -0.2) is 60.7 Å². The Labute approximate surface area is 221 Å². The molecule has 3 aromatic rings. The van der Waals surface area contributed by atoms with Crippen molar-refractivity contribution in [2.24, 2.45) is 5.92 Å². The Hall–Kier alpha value is -2.22. The van der Waals surface area contributed by atoms with E-state index in [0.29, 0.717) is 16.9 Å². The molecule has 2 saturated heterocycles. The van der Waals surface area contributed by atoms with Gasteiger partial charge in [-0.25, -0.2) is 13.4 Å². The topological polar surface area (TPSA) is 66.7 Å². The molecule has 1 unspecified atom stereocenters. The molecule has 1 aromatic carbocycles. The smallest absolute Gasteiger partial charge is 0.175 e. The zero-order valence-electron chi connectivity index (χ0n) is 22.2. The Morgan fingerprint density at radius 2 is 1.78 bits per heavy atom. The molecule has 3 aliphatic rings. The van der Waals surface area contributed by atoms with Gasteiger partial charge in [-0.15, -0.1) is 0 Å². The van der Waals surface area contributed by atoms with Crippen molar-refractivity contribution in [3.8, 4) is 11.3 Å². The maximum absolute atomic E-state index is 11.8. The molecule has 1 aliphatic carbocycles. The summed E-state index contributed by atoms with van der Waals surface area (Å²) < 4.78 is 25.9. The number of imidazole rings is 1. The molecule has 6 nitrogen and oxygen atoms in total. The summed E-state index contributed by atoms with van der Waals surface area (Å²) in [5.41, 5.74) is 5.43. The molecule has 1 N–H and O–H groups in total. The van der Waals surface area contributed by atoms with Gasteiger partial charge in [0.1, 0.15) is 5.65 Å². The van der Waals surface area contributed by atoms with Crippen molar-refractivity contribution in [1.82, 2.24) is 19.6 Å². The molecule has 2 aromatic heterocycles. The summed E-state index contributed by atoms with van der Waals surface area (Å²) in [5.74, 6) is 1.52. The maximum Gasteiger partial charge on any atom is 0.175 e. The molecule has 0 bridgehead atoms. The second-order valence-corrected chi connectivity index (χ2v) is 13.8. The second kappa shape index (κ2) is 10.2. The van der Waals surface area contributed by atoms with Crippen molar-refractivity contribution in [3.05, 3.63) is 53.9 Å². The predicted octanol–water partition coefficient (Wildman–Crippen LogP) is 5.20.